The Kier molecular flexibility index (Phi) is 7.16. The van der Waals surface area contributed by atoms with Crippen LogP contribution in [0.2, 0.25) is 0 Å². The molecule has 0 saturated carbocycles. The SMILES string of the molecule is CCC(C)CN(CC)CCC(C)(C)C(N)=S. The van der Waals surface area contributed by atoms with Crippen LogP contribution < -0.4 is 5.73 Å². The highest BCUT2D eigenvalue weighted by atomic mass is 32.1. The van der Waals surface area contributed by atoms with E-state index in [9.17, 15) is 0 Å². The Morgan fingerprint density at radius 1 is 1.38 bits per heavy atom. The van der Waals surface area contributed by atoms with Crippen molar-refractivity contribution in [1.82, 2.24) is 4.90 Å². The van der Waals surface area contributed by atoms with Crippen LogP contribution in [0.3, 0.4) is 0 Å². The largest absolute Gasteiger partial charge is 0.393 e. The van der Waals surface area contributed by atoms with Crippen LogP contribution in [0.15, 0.2) is 0 Å². The molecule has 0 aliphatic carbocycles. The summed E-state index contributed by atoms with van der Waals surface area (Å²) in [6, 6.07) is 0. The number of nitrogens with zero attached hydrogens (tertiary/aromatic N) is 1. The second kappa shape index (κ2) is 7.23. The van der Waals surface area contributed by atoms with Gasteiger partial charge >= 0.3 is 0 Å². The minimum atomic E-state index is -0.0157. The van der Waals surface area contributed by atoms with E-state index in [-0.39, 0.29) is 5.41 Å². The second-order valence-corrected chi connectivity index (χ2v) is 5.84. The molecule has 0 rings (SSSR count). The number of hydrogen-bond acceptors (Lipinski definition) is 2. The Balaban J connectivity index is 4.09. The van der Waals surface area contributed by atoms with E-state index >= 15 is 0 Å². The molecule has 0 bridgehead atoms. The maximum atomic E-state index is 5.74. The van der Waals surface area contributed by atoms with Crippen LogP contribution in [0.4, 0.5) is 0 Å². The Hall–Kier alpha value is -0.150. The summed E-state index contributed by atoms with van der Waals surface area (Å²) in [6.07, 6.45) is 2.29. The van der Waals surface area contributed by atoms with Gasteiger partial charge in [-0.1, -0.05) is 53.3 Å². The van der Waals surface area contributed by atoms with E-state index in [1.807, 2.05) is 0 Å². The zero-order valence-corrected chi connectivity index (χ0v) is 12.4. The standard InChI is InChI=1S/C13H28N2S/c1-6-11(3)10-15(7-2)9-8-13(4,5)12(14)16/h11H,6-10H2,1-5H3,(H2,14,16). The fourth-order valence-corrected chi connectivity index (χ4v) is 1.61. The fourth-order valence-electron chi connectivity index (χ4n) is 1.51. The highest BCUT2D eigenvalue weighted by molar-refractivity contribution is 7.80. The van der Waals surface area contributed by atoms with Crippen molar-refractivity contribution in [3.05, 3.63) is 0 Å². The average molecular weight is 244 g/mol. The van der Waals surface area contributed by atoms with Crippen LogP contribution in [0.25, 0.3) is 0 Å². The molecule has 1 atom stereocenters. The van der Waals surface area contributed by atoms with Crippen LogP contribution >= 0.6 is 12.2 Å². The quantitative estimate of drug-likeness (QED) is 0.665. The molecule has 0 amide bonds. The molecular formula is C13H28N2S. The Labute approximate surface area is 107 Å². The molecule has 0 aromatic heterocycles. The summed E-state index contributed by atoms with van der Waals surface area (Å²) in [5.74, 6) is 0.771. The molecule has 2 nitrogen and oxygen atoms in total. The van der Waals surface area contributed by atoms with E-state index < -0.39 is 0 Å². The molecule has 0 saturated heterocycles. The highest BCUT2D eigenvalue weighted by Crippen LogP contribution is 2.21. The number of rotatable bonds is 8. The molecule has 3 heteroatoms. The van der Waals surface area contributed by atoms with E-state index in [0.717, 1.165) is 25.4 Å². The summed E-state index contributed by atoms with van der Waals surface area (Å²) in [6.45, 7) is 14.4. The minimum absolute atomic E-state index is 0.0157. The minimum Gasteiger partial charge on any atom is -0.393 e. The third kappa shape index (κ3) is 5.80. The van der Waals surface area contributed by atoms with Gasteiger partial charge in [-0.3, -0.25) is 0 Å². The predicted molar refractivity (Wildman–Crippen MR) is 76.8 cm³/mol. The second-order valence-electron chi connectivity index (χ2n) is 5.40. The van der Waals surface area contributed by atoms with E-state index in [2.05, 4.69) is 39.5 Å². The van der Waals surface area contributed by atoms with Gasteiger partial charge in [0.1, 0.15) is 0 Å². The third-order valence-corrected chi connectivity index (χ3v) is 3.99. The summed E-state index contributed by atoms with van der Waals surface area (Å²) in [5, 5.41) is 0. The molecule has 96 valence electrons. The van der Waals surface area contributed by atoms with Crippen molar-refractivity contribution in [2.24, 2.45) is 17.1 Å². The first kappa shape index (κ1) is 15.9. The van der Waals surface area contributed by atoms with Crippen LogP contribution in [0.5, 0.6) is 0 Å². The van der Waals surface area contributed by atoms with Gasteiger partial charge in [0.05, 0.1) is 4.99 Å². The molecule has 0 spiro atoms. The smallest absolute Gasteiger partial charge is 0.0784 e. The highest BCUT2D eigenvalue weighted by Gasteiger charge is 2.22. The Bertz CT molecular complexity index is 214. The topological polar surface area (TPSA) is 29.3 Å². The van der Waals surface area contributed by atoms with Gasteiger partial charge in [-0.15, -0.1) is 0 Å². The fraction of sp³-hybridized carbons (Fsp3) is 0.923. The lowest BCUT2D eigenvalue weighted by atomic mass is 9.89. The van der Waals surface area contributed by atoms with Crippen LogP contribution in [0.1, 0.15) is 47.5 Å². The summed E-state index contributed by atoms with van der Waals surface area (Å²) in [7, 11) is 0. The molecule has 1 unspecified atom stereocenters. The van der Waals surface area contributed by atoms with Crippen LogP contribution in [0, 0.1) is 11.3 Å². The zero-order valence-electron chi connectivity index (χ0n) is 11.5. The average Bonchev–Trinajstić information content (AvgIpc) is 2.23. The van der Waals surface area contributed by atoms with Gasteiger partial charge in [0, 0.05) is 12.0 Å². The number of hydrogen-bond donors (Lipinski definition) is 1. The van der Waals surface area contributed by atoms with E-state index in [1.165, 1.54) is 13.0 Å². The van der Waals surface area contributed by atoms with Gasteiger partial charge in [-0.05, 0) is 25.4 Å². The first-order chi connectivity index (χ1) is 7.33. The van der Waals surface area contributed by atoms with Crippen molar-refractivity contribution in [1.29, 1.82) is 0 Å². The zero-order chi connectivity index (χ0) is 12.8. The molecule has 0 heterocycles. The number of nitrogens with two attached hydrogens (primary N) is 1. The normalized spacial score (nSPS) is 14.1. The lowest BCUT2D eigenvalue weighted by Gasteiger charge is -2.29. The van der Waals surface area contributed by atoms with Crippen molar-refractivity contribution < 1.29 is 0 Å². The molecule has 16 heavy (non-hydrogen) atoms. The summed E-state index contributed by atoms with van der Waals surface area (Å²) in [5.41, 5.74) is 5.72. The molecule has 2 N–H and O–H groups in total. The summed E-state index contributed by atoms with van der Waals surface area (Å²) >= 11 is 5.09. The van der Waals surface area contributed by atoms with E-state index in [4.69, 9.17) is 18.0 Å². The van der Waals surface area contributed by atoms with Crippen molar-refractivity contribution in [2.45, 2.75) is 47.5 Å². The third-order valence-electron chi connectivity index (χ3n) is 3.43. The van der Waals surface area contributed by atoms with Crippen molar-refractivity contribution in [2.75, 3.05) is 19.6 Å². The van der Waals surface area contributed by atoms with Gasteiger partial charge in [0.15, 0.2) is 0 Å². The first-order valence-corrected chi connectivity index (χ1v) is 6.76. The van der Waals surface area contributed by atoms with Crippen LogP contribution in [-0.2, 0) is 0 Å². The van der Waals surface area contributed by atoms with Crippen molar-refractivity contribution >= 4 is 17.2 Å². The Morgan fingerprint density at radius 3 is 2.31 bits per heavy atom. The molecule has 0 fully saturated rings. The van der Waals surface area contributed by atoms with Gasteiger partial charge in [-0.25, -0.2) is 0 Å². The van der Waals surface area contributed by atoms with Gasteiger partial charge in [0.25, 0.3) is 0 Å². The molecule has 0 aliphatic rings. The van der Waals surface area contributed by atoms with Gasteiger partial charge in [-0.2, -0.15) is 0 Å². The van der Waals surface area contributed by atoms with Gasteiger partial charge < -0.3 is 10.6 Å². The first-order valence-electron chi connectivity index (χ1n) is 6.35. The van der Waals surface area contributed by atoms with Crippen LogP contribution in [-0.4, -0.2) is 29.5 Å². The summed E-state index contributed by atoms with van der Waals surface area (Å²) < 4.78 is 0. The van der Waals surface area contributed by atoms with E-state index in [0.29, 0.717) is 4.99 Å². The predicted octanol–water partition coefficient (Wildman–Crippen LogP) is 3.06. The maximum Gasteiger partial charge on any atom is 0.0784 e. The maximum absolute atomic E-state index is 5.74. The number of thiocarbonyl (C=S) groups is 1. The lowest BCUT2D eigenvalue weighted by Crippen LogP contribution is -2.36. The molecule has 0 aromatic carbocycles. The van der Waals surface area contributed by atoms with Crippen molar-refractivity contribution in [3.8, 4) is 0 Å². The Morgan fingerprint density at radius 2 is 1.94 bits per heavy atom. The monoisotopic (exact) mass is 244 g/mol. The molecule has 0 aromatic rings. The molecule has 0 aliphatic heterocycles. The molecular weight excluding hydrogens is 216 g/mol. The lowest BCUT2D eigenvalue weighted by molar-refractivity contribution is 0.224. The van der Waals surface area contributed by atoms with Gasteiger partial charge in [0.2, 0.25) is 0 Å². The van der Waals surface area contributed by atoms with Crippen molar-refractivity contribution in [3.63, 3.8) is 0 Å². The molecule has 0 radical (unpaired) electrons. The summed E-state index contributed by atoms with van der Waals surface area (Å²) in [4.78, 5) is 3.13. The van der Waals surface area contributed by atoms with E-state index in [1.54, 1.807) is 0 Å².